The van der Waals surface area contributed by atoms with Crippen LogP contribution in [0.1, 0.15) is 21.6 Å². The molecule has 0 aliphatic rings. The molecule has 0 saturated heterocycles. The molecule has 2 heterocycles. The van der Waals surface area contributed by atoms with Crippen molar-refractivity contribution in [1.29, 1.82) is 0 Å². The van der Waals surface area contributed by atoms with Crippen LogP contribution in [0.4, 0.5) is 10.2 Å². The summed E-state index contributed by atoms with van der Waals surface area (Å²) in [4.78, 5) is 12.7. The number of hydrazone groups is 1. The van der Waals surface area contributed by atoms with Crippen molar-refractivity contribution in [2.45, 2.75) is 6.92 Å². The van der Waals surface area contributed by atoms with Gasteiger partial charge in [-0.25, -0.2) is 14.4 Å². The van der Waals surface area contributed by atoms with Gasteiger partial charge in [0.2, 0.25) is 11.6 Å². The Kier molecular flexibility index (Phi) is 4.99. The Balaban J connectivity index is 1.70. The molecule has 30 heavy (non-hydrogen) atoms. The fourth-order valence-corrected chi connectivity index (χ4v) is 2.68. The summed E-state index contributed by atoms with van der Waals surface area (Å²) in [6.07, 6.45) is 1.20. The van der Waals surface area contributed by atoms with Gasteiger partial charge in [0.25, 0.3) is 5.91 Å². The van der Waals surface area contributed by atoms with Crippen LogP contribution in [-0.2, 0) is 0 Å². The Hall–Kier alpha value is -4.41. The first-order valence-corrected chi connectivity index (χ1v) is 8.73. The monoisotopic (exact) mass is 406 g/mol. The number of aryl methyl sites for hydroxylation is 1. The highest BCUT2D eigenvalue weighted by molar-refractivity contribution is 5.98. The van der Waals surface area contributed by atoms with Crippen molar-refractivity contribution in [2.24, 2.45) is 5.10 Å². The number of carbonyl (C=O) groups is 1. The molecule has 4 rings (SSSR count). The molecule has 10 nitrogen and oxygen atoms in total. The second-order valence-corrected chi connectivity index (χ2v) is 6.26. The van der Waals surface area contributed by atoms with Crippen molar-refractivity contribution in [1.82, 2.24) is 30.7 Å². The molecule has 0 saturated carbocycles. The Bertz CT molecular complexity index is 1230. The van der Waals surface area contributed by atoms with Gasteiger partial charge in [-0.05, 0) is 23.3 Å². The fourth-order valence-electron chi connectivity index (χ4n) is 2.68. The van der Waals surface area contributed by atoms with Crippen molar-refractivity contribution in [3.05, 3.63) is 71.2 Å². The van der Waals surface area contributed by atoms with Crippen LogP contribution < -0.4 is 11.2 Å². The number of nitrogens with one attached hydrogen (secondary N) is 1. The smallest absolute Gasteiger partial charge is 0.294 e. The highest BCUT2D eigenvalue weighted by Gasteiger charge is 2.25. The molecule has 0 spiro atoms. The summed E-state index contributed by atoms with van der Waals surface area (Å²) >= 11 is 0. The number of aromatic nitrogens is 5. The Morgan fingerprint density at radius 3 is 2.67 bits per heavy atom. The minimum Gasteiger partial charge on any atom is -0.378 e. The summed E-state index contributed by atoms with van der Waals surface area (Å²) in [5.41, 5.74) is 10.3. The molecule has 3 N–H and O–H groups in total. The lowest BCUT2D eigenvalue weighted by Crippen LogP contribution is -2.19. The molecule has 4 aromatic rings. The van der Waals surface area contributed by atoms with Gasteiger partial charge in [0.05, 0.1) is 6.21 Å². The van der Waals surface area contributed by atoms with E-state index in [-0.39, 0.29) is 22.9 Å². The van der Waals surface area contributed by atoms with Crippen LogP contribution in [0.3, 0.4) is 0 Å². The predicted molar refractivity (Wildman–Crippen MR) is 105 cm³/mol. The van der Waals surface area contributed by atoms with Crippen LogP contribution in [-0.4, -0.2) is 37.4 Å². The minimum atomic E-state index is -0.653. The molecule has 2 aromatic heterocycles. The number of benzene rings is 2. The molecule has 1 amide bonds. The number of amides is 1. The number of carbonyl (C=O) groups excluding carboxylic acids is 1. The van der Waals surface area contributed by atoms with Crippen LogP contribution in [0.2, 0.25) is 0 Å². The van der Waals surface area contributed by atoms with Crippen molar-refractivity contribution in [2.75, 3.05) is 5.73 Å². The molecule has 2 aromatic carbocycles. The average Bonchev–Trinajstić information content (AvgIpc) is 3.36. The lowest BCUT2D eigenvalue weighted by Gasteiger charge is -2.06. The predicted octanol–water partition coefficient (Wildman–Crippen LogP) is 2.11. The van der Waals surface area contributed by atoms with E-state index in [0.717, 1.165) is 5.56 Å². The van der Waals surface area contributed by atoms with Crippen molar-refractivity contribution >= 4 is 17.9 Å². The van der Waals surface area contributed by atoms with E-state index in [1.165, 1.54) is 23.0 Å². The maximum Gasteiger partial charge on any atom is 0.294 e. The summed E-state index contributed by atoms with van der Waals surface area (Å²) in [6.45, 7) is 1.93. The van der Waals surface area contributed by atoms with E-state index >= 15 is 0 Å². The summed E-state index contributed by atoms with van der Waals surface area (Å²) in [5.74, 6) is -1.04. The number of halogens is 1. The van der Waals surface area contributed by atoms with Gasteiger partial charge < -0.3 is 5.73 Å². The number of rotatable bonds is 5. The van der Waals surface area contributed by atoms with E-state index < -0.39 is 11.7 Å². The number of hydrogen-bond donors (Lipinski definition) is 2. The third kappa shape index (κ3) is 3.63. The normalized spacial score (nSPS) is 11.1. The summed E-state index contributed by atoms with van der Waals surface area (Å²) in [5, 5.41) is 19.0. The molecular weight excluding hydrogens is 391 g/mol. The first-order valence-electron chi connectivity index (χ1n) is 8.73. The average molecular weight is 406 g/mol. The van der Waals surface area contributed by atoms with E-state index in [9.17, 15) is 9.18 Å². The minimum absolute atomic E-state index is 0.0159. The van der Waals surface area contributed by atoms with Crippen LogP contribution in [0.15, 0.2) is 58.3 Å². The molecule has 150 valence electrons. The van der Waals surface area contributed by atoms with Gasteiger partial charge in [-0.1, -0.05) is 53.2 Å². The second kappa shape index (κ2) is 7.91. The van der Waals surface area contributed by atoms with E-state index in [2.05, 4.69) is 35.8 Å². The molecule has 0 unspecified atom stereocenters. The standard InChI is InChI=1S/C19H15FN8O2/c1-11-6-8-12(9-7-11)16-15(23-27-28(16)18-17(21)25-30-26-18)19(29)24-22-10-13-4-2-3-5-14(13)20/h2-10H,1H3,(H2,21,25)(H,24,29)/b22-10-. The van der Waals surface area contributed by atoms with Gasteiger partial charge in [-0.2, -0.15) is 9.78 Å². The highest BCUT2D eigenvalue weighted by Crippen LogP contribution is 2.26. The molecule has 0 aliphatic carbocycles. The zero-order valence-corrected chi connectivity index (χ0v) is 15.7. The van der Waals surface area contributed by atoms with Gasteiger partial charge in [0.1, 0.15) is 11.5 Å². The largest absolute Gasteiger partial charge is 0.378 e. The third-order valence-corrected chi connectivity index (χ3v) is 4.18. The fraction of sp³-hybridized carbons (Fsp3) is 0.0526. The van der Waals surface area contributed by atoms with Gasteiger partial charge in [0, 0.05) is 11.1 Å². The summed E-state index contributed by atoms with van der Waals surface area (Å²) in [6, 6.07) is 13.4. The Labute approximate surface area is 169 Å². The number of hydrogen-bond acceptors (Lipinski definition) is 8. The maximum atomic E-state index is 13.7. The second-order valence-electron chi connectivity index (χ2n) is 6.26. The molecule has 0 fully saturated rings. The summed E-state index contributed by atoms with van der Waals surface area (Å²) in [7, 11) is 0. The van der Waals surface area contributed by atoms with Gasteiger partial charge in [0.15, 0.2) is 5.69 Å². The molecule has 11 heteroatoms. The summed E-state index contributed by atoms with van der Waals surface area (Å²) < 4.78 is 19.6. The lowest BCUT2D eigenvalue weighted by atomic mass is 10.1. The molecule has 0 radical (unpaired) electrons. The Morgan fingerprint density at radius 2 is 1.97 bits per heavy atom. The van der Waals surface area contributed by atoms with Gasteiger partial charge >= 0.3 is 0 Å². The van der Waals surface area contributed by atoms with E-state index in [1.807, 2.05) is 19.1 Å². The SMILES string of the molecule is Cc1ccc(-c2c(C(=O)N/N=C\c3ccccc3F)nnn2-c2nonc2N)cc1. The number of nitrogen functional groups attached to an aromatic ring is 1. The quantitative estimate of drug-likeness (QED) is 0.382. The highest BCUT2D eigenvalue weighted by atomic mass is 19.1. The molecule has 0 bridgehead atoms. The molecule has 0 atom stereocenters. The van der Waals surface area contributed by atoms with Crippen LogP contribution in [0.5, 0.6) is 0 Å². The van der Waals surface area contributed by atoms with Crippen molar-refractivity contribution < 1.29 is 13.8 Å². The van der Waals surface area contributed by atoms with E-state index in [4.69, 9.17) is 5.73 Å². The topological polar surface area (TPSA) is 137 Å². The van der Waals surface area contributed by atoms with Crippen LogP contribution in [0, 0.1) is 12.7 Å². The van der Waals surface area contributed by atoms with Crippen molar-refractivity contribution in [3.63, 3.8) is 0 Å². The number of anilines is 1. The van der Waals surface area contributed by atoms with Gasteiger partial charge in [-0.3, -0.25) is 4.79 Å². The molecular formula is C19H15FN8O2. The van der Waals surface area contributed by atoms with E-state index in [1.54, 1.807) is 24.3 Å². The Morgan fingerprint density at radius 1 is 1.20 bits per heavy atom. The first kappa shape index (κ1) is 18.9. The zero-order valence-electron chi connectivity index (χ0n) is 15.7. The van der Waals surface area contributed by atoms with Crippen LogP contribution >= 0.6 is 0 Å². The maximum absolute atomic E-state index is 13.7. The third-order valence-electron chi connectivity index (χ3n) is 4.18. The van der Waals surface area contributed by atoms with E-state index in [0.29, 0.717) is 11.3 Å². The van der Waals surface area contributed by atoms with Gasteiger partial charge in [-0.15, -0.1) is 5.10 Å². The number of nitrogens with zero attached hydrogens (tertiary/aromatic N) is 6. The lowest BCUT2D eigenvalue weighted by molar-refractivity contribution is 0.0950. The zero-order chi connectivity index (χ0) is 21.1. The molecule has 0 aliphatic heterocycles. The van der Waals surface area contributed by atoms with Crippen LogP contribution in [0.25, 0.3) is 17.1 Å². The number of nitrogens with two attached hydrogens (primary N) is 1. The first-order chi connectivity index (χ1) is 14.5. The van der Waals surface area contributed by atoms with Crippen molar-refractivity contribution in [3.8, 4) is 17.1 Å².